The third-order valence-electron chi connectivity index (χ3n) is 3.53. The Bertz CT molecular complexity index is 950. The van der Waals surface area contributed by atoms with Gasteiger partial charge in [-0.25, -0.2) is 5.43 Å². The van der Waals surface area contributed by atoms with Crippen LogP contribution in [0, 0.1) is 6.92 Å². The van der Waals surface area contributed by atoms with Crippen molar-refractivity contribution in [2.24, 2.45) is 5.10 Å². The molecule has 6 heteroatoms. The van der Waals surface area contributed by atoms with Gasteiger partial charge in [-0.1, -0.05) is 45.7 Å². The molecule has 126 valence electrons. The summed E-state index contributed by atoms with van der Waals surface area (Å²) in [6, 6.07) is 16.4. The average Bonchev–Trinajstić information content (AvgIpc) is 3.06. The molecule has 1 N–H and O–H groups in total. The number of aryl methyl sites for hydroxylation is 1. The number of benzene rings is 2. The predicted molar refractivity (Wildman–Crippen MR) is 103 cm³/mol. The third kappa shape index (κ3) is 4.38. The SMILES string of the molecule is Cc1ccc(-c2ccc(C=NNC(=O)c3cccc(Br)c3)o2)cc1Cl. The highest BCUT2D eigenvalue weighted by Gasteiger charge is 2.06. The zero-order chi connectivity index (χ0) is 17.8. The van der Waals surface area contributed by atoms with Crippen molar-refractivity contribution in [3.05, 3.63) is 81.0 Å². The van der Waals surface area contributed by atoms with Crippen molar-refractivity contribution >= 4 is 39.7 Å². The van der Waals surface area contributed by atoms with E-state index in [0.29, 0.717) is 22.1 Å². The topological polar surface area (TPSA) is 54.6 Å². The van der Waals surface area contributed by atoms with Crippen LogP contribution in [0.1, 0.15) is 21.7 Å². The minimum absolute atomic E-state index is 0.297. The van der Waals surface area contributed by atoms with Crippen LogP contribution < -0.4 is 5.43 Å². The molecule has 0 spiro atoms. The van der Waals surface area contributed by atoms with Crippen molar-refractivity contribution in [1.29, 1.82) is 0 Å². The van der Waals surface area contributed by atoms with E-state index < -0.39 is 0 Å². The number of amides is 1. The molecule has 3 rings (SSSR count). The molecule has 0 aliphatic heterocycles. The molecule has 3 aromatic rings. The molecule has 0 aliphatic rings. The summed E-state index contributed by atoms with van der Waals surface area (Å²) < 4.78 is 6.53. The van der Waals surface area contributed by atoms with E-state index >= 15 is 0 Å². The van der Waals surface area contributed by atoms with Gasteiger partial charge in [0.05, 0.1) is 6.21 Å². The summed E-state index contributed by atoms with van der Waals surface area (Å²) in [6.07, 6.45) is 1.45. The molecule has 0 fully saturated rings. The second-order valence-electron chi connectivity index (χ2n) is 5.38. The van der Waals surface area contributed by atoms with Gasteiger partial charge < -0.3 is 4.42 Å². The highest BCUT2D eigenvalue weighted by Crippen LogP contribution is 2.26. The van der Waals surface area contributed by atoms with Crippen molar-refractivity contribution in [1.82, 2.24) is 5.43 Å². The second kappa shape index (κ2) is 7.68. The highest BCUT2D eigenvalue weighted by atomic mass is 79.9. The number of nitrogens with one attached hydrogen (secondary N) is 1. The molecule has 1 amide bonds. The normalized spacial score (nSPS) is 11.0. The van der Waals surface area contributed by atoms with Gasteiger partial charge in [0.2, 0.25) is 0 Å². The lowest BCUT2D eigenvalue weighted by molar-refractivity contribution is 0.0955. The van der Waals surface area contributed by atoms with E-state index in [1.807, 2.05) is 37.3 Å². The largest absolute Gasteiger partial charge is 0.455 e. The number of hydrogen-bond acceptors (Lipinski definition) is 3. The first-order valence-corrected chi connectivity index (χ1v) is 8.65. The van der Waals surface area contributed by atoms with Crippen LogP contribution in [0.15, 0.2) is 68.6 Å². The quantitative estimate of drug-likeness (QED) is 0.454. The van der Waals surface area contributed by atoms with Gasteiger partial charge in [0.1, 0.15) is 11.5 Å². The molecule has 0 saturated heterocycles. The molecule has 0 aliphatic carbocycles. The van der Waals surface area contributed by atoms with E-state index in [1.54, 1.807) is 24.3 Å². The third-order valence-corrected chi connectivity index (χ3v) is 4.43. The lowest BCUT2D eigenvalue weighted by Gasteiger charge is -2.01. The van der Waals surface area contributed by atoms with Gasteiger partial charge in [-0.15, -0.1) is 0 Å². The van der Waals surface area contributed by atoms with Crippen LogP contribution >= 0.6 is 27.5 Å². The molecular formula is C19H14BrClN2O2. The minimum atomic E-state index is -0.297. The maximum atomic E-state index is 12.0. The summed E-state index contributed by atoms with van der Waals surface area (Å²) in [7, 11) is 0. The number of hydrazone groups is 1. The van der Waals surface area contributed by atoms with Gasteiger partial charge >= 0.3 is 0 Å². The minimum Gasteiger partial charge on any atom is -0.455 e. The number of carbonyl (C=O) groups excluding carboxylic acids is 1. The molecule has 1 heterocycles. The van der Waals surface area contributed by atoms with Crippen LogP contribution in [0.5, 0.6) is 0 Å². The molecule has 0 bridgehead atoms. The monoisotopic (exact) mass is 416 g/mol. The summed E-state index contributed by atoms with van der Waals surface area (Å²) in [4.78, 5) is 12.0. The van der Waals surface area contributed by atoms with E-state index in [0.717, 1.165) is 15.6 Å². The molecule has 1 aromatic heterocycles. The summed E-state index contributed by atoms with van der Waals surface area (Å²) in [5.41, 5.74) is 4.87. The van der Waals surface area contributed by atoms with E-state index in [4.69, 9.17) is 16.0 Å². The lowest BCUT2D eigenvalue weighted by Crippen LogP contribution is -2.17. The summed E-state index contributed by atoms with van der Waals surface area (Å²) in [6.45, 7) is 1.94. The van der Waals surface area contributed by atoms with Crippen LogP contribution in [0.2, 0.25) is 5.02 Å². The molecule has 0 atom stereocenters. The van der Waals surface area contributed by atoms with E-state index in [2.05, 4.69) is 26.5 Å². The fourth-order valence-electron chi connectivity index (χ4n) is 2.17. The number of nitrogens with zero attached hydrogens (tertiary/aromatic N) is 1. The van der Waals surface area contributed by atoms with Crippen LogP contribution in [0.4, 0.5) is 0 Å². The molecule has 25 heavy (non-hydrogen) atoms. The van der Waals surface area contributed by atoms with Crippen molar-refractivity contribution in [3.63, 3.8) is 0 Å². The maximum Gasteiger partial charge on any atom is 0.271 e. The standard InChI is InChI=1S/C19H14BrClN2O2/c1-12-5-6-13(10-17(12)21)18-8-7-16(25-18)11-22-23-19(24)14-3-2-4-15(20)9-14/h2-11H,1H3,(H,23,24). The summed E-state index contributed by atoms with van der Waals surface area (Å²) in [5, 5.41) is 4.61. The number of furan rings is 1. The summed E-state index contributed by atoms with van der Waals surface area (Å²) in [5.74, 6) is 0.914. The Morgan fingerprint density at radius 2 is 2.04 bits per heavy atom. The van der Waals surface area contributed by atoms with Gasteiger partial charge in [0.15, 0.2) is 0 Å². The molecule has 2 aromatic carbocycles. The zero-order valence-electron chi connectivity index (χ0n) is 13.3. The first-order chi connectivity index (χ1) is 12.0. The molecule has 0 unspecified atom stereocenters. The van der Waals surface area contributed by atoms with Crippen molar-refractivity contribution in [2.75, 3.05) is 0 Å². The summed E-state index contributed by atoms with van der Waals surface area (Å²) >= 11 is 9.47. The Balaban J connectivity index is 1.67. The van der Waals surface area contributed by atoms with Gasteiger partial charge in [-0.2, -0.15) is 5.10 Å². The molecule has 0 saturated carbocycles. The number of hydrogen-bond donors (Lipinski definition) is 1. The van der Waals surface area contributed by atoms with Crippen LogP contribution in [0.3, 0.4) is 0 Å². The Morgan fingerprint density at radius 3 is 2.80 bits per heavy atom. The lowest BCUT2D eigenvalue weighted by atomic mass is 10.1. The Morgan fingerprint density at radius 1 is 1.20 bits per heavy atom. The van der Waals surface area contributed by atoms with Gasteiger partial charge in [0.25, 0.3) is 5.91 Å². The van der Waals surface area contributed by atoms with Crippen LogP contribution in [0.25, 0.3) is 11.3 Å². The number of carbonyl (C=O) groups is 1. The van der Waals surface area contributed by atoms with Crippen molar-refractivity contribution in [2.45, 2.75) is 6.92 Å². The predicted octanol–water partition coefficient (Wildman–Crippen LogP) is 5.43. The average molecular weight is 418 g/mol. The van der Waals surface area contributed by atoms with E-state index in [1.165, 1.54) is 6.21 Å². The Hall–Kier alpha value is -2.37. The van der Waals surface area contributed by atoms with Crippen molar-refractivity contribution < 1.29 is 9.21 Å². The molecule has 4 nitrogen and oxygen atoms in total. The fourth-order valence-corrected chi connectivity index (χ4v) is 2.75. The van der Waals surface area contributed by atoms with Crippen LogP contribution in [-0.2, 0) is 0 Å². The van der Waals surface area contributed by atoms with Gasteiger partial charge in [-0.3, -0.25) is 4.79 Å². The smallest absolute Gasteiger partial charge is 0.271 e. The Kier molecular flexibility index (Phi) is 5.36. The molecule has 0 radical (unpaired) electrons. The fraction of sp³-hybridized carbons (Fsp3) is 0.0526. The van der Waals surface area contributed by atoms with E-state index in [9.17, 15) is 4.79 Å². The number of halogens is 2. The van der Waals surface area contributed by atoms with E-state index in [-0.39, 0.29) is 5.91 Å². The zero-order valence-corrected chi connectivity index (χ0v) is 15.6. The number of rotatable bonds is 4. The second-order valence-corrected chi connectivity index (χ2v) is 6.70. The van der Waals surface area contributed by atoms with Crippen molar-refractivity contribution in [3.8, 4) is 11.3 Å². The first kappa shape index (κ1) is 17.5. The van der Waals surface area contributed by atoms with Gasteiger partial charge in [-0.05, 0) is 48.9 Å². The highest BCUT2D eigenvalue weighted by molar-refractivity contribution is 9.10. The van der Waals surface area contributed by atoms with Gasteiger partial charge in [0, 0.05) is 20.6 Å². The maximum absolute atomic E-state index is 12.0. The Labute approximate surface area is 158 Å². The van der Waals surface area contributed by atoms with Crippen LogP contribution in [-0.4, -0.2) is 12.1 Å². The molecular weight excluding hydrogens is 404 g/mol. The first-order valence-electron chi connectivity index (χ1n) is 7.48.